The molecule has 8 heteroatoms. The molecular weight excluding hydrogens is 348 g/mol. The number of nitrogens with one attached hydrogen (secondary N) is 2. The highest BCUT2D eigenvalue weighted by Gasteiger charge is 2.44. The Morgan fingerprint density at radius 3 is 2.56 bits per heavy atom. The molecule has 2 N–H and O–H groups in total. The van der Waals surface area contributed by atoms with Crippen LogP contribution in [0.5, 0.6) is 0 Å². The average molecular weight is 372 g/mol. The van der Waals surface area contributed by atoms with Crippen molar-refractivity contribution in [1.29, 1.82) is 0 Å². The second kappa shape index (κ2) is 7.87. The highest BCUT2D eigenvalue weighted by Crippen LogP contribution is 2.30. The van der Waals surface area contributed by atoms with Crippen molar-refractivity contribution in [2.45, 2.75) is 32.7 Å². The van der Waals surface area contributed by atoms with E-state index in [4.69, 9.17) is 0 Å². The number of likely N-dealkylation sites (N-methyl/N-ethyl adjacent to an activating group) is 2. The summed E-state index contributed by atoms with van der Waals surface area (Å²) in [4.78, 5) is 52.1. The maximum Gasteiger partial charge on any atom is 0.262 e. The Morgan fingerprint density at radius 1 is 1.15 bits per heavy atom. The van der Waals surface area contributed by atoms with Crippen LogP contribution < -0.4 is 15.5 Å². The topological polar surface area (TPSA) is 98.8 Å². The van der Waals surface area contributed by atoms with E-state index in [9.17, 15) is 19.2 Å². The SMILES string of the molecule is CCNCCN(CC)c1ccc2c(c1)C(=O)N(C1CCC(=O)NC1=O)C2=O. The number of carbonyl (C=O) groups is 4. The van der Waals surface area contributed by atoms with Crippen molar-refractivity contribution in [3.05, 3.63) is 29.3 Å². The third-order valence-corrected chi connectivity index (χ3v) is 4.98. The molecule has 2 heterocycles. The van der Waals surface area contributed by atoms with Crippen molar-refractivity contribution in [1.82, 2.24) is 15.5 Å². The predicted molar refractivity (Wildman–Crippen MR) is 99.5 cm³/mol. The number of rotatable bonds is 7. The number of hydrogen-bond acceptors (Lipinski definition) is 6. The van der Waals surface area contributed by atoms with Gasteiger partial charge < -0.3 is 10.2 Å². The first-order valence-electron chi connectivity index (χ1n) is 9.29. The lowest BCUT2D eigenvalue weighted by atomic mass is 10.0. The third-order valence-electron chi connectivity index (χ3n) is 4.98. The highest BCUT2D eigenvalue weighted by atomic mass is 16.2. The van der Waals surface area contributed by atoms with Gasteiger partial charge in [0.15, 0.2) is 0 Å². The van der Waals surface area contributed by atoms with Gasteiger partial charge >= 0.3 is 0 Å². The molecule has 1 unspecified atom stereocenters. The van der Waals surface area contributed by atoms with Crippen LogP contribution in [0.15, 0.2) is 18.2 Å². The molecular formula is C19H24N4O4. The molecule has 27 heavy (non-hydrogen) atoms. The molecule has 2 aliphatic heterocycles. The summed E-state index contributed by atoms with van der Waals surface area (Å²) in [5, 5.41) is 5.47. The molecule has 0 saturated carbocycles. The van der Waals surface area contributed by atoms with Crippen LogP contribution in [0.1, 0.15) is 47.4 Å². The summed E-state index contributed by atoms with van der Waals surface area (Å²) in [6, 6.07) is 4.26. The minimum Gasteiger partial charge on any atom is -0.371 e. The van der Waals surface area contributed by atoms with Gasteiger partial charge in [0, 0.05) is 31.7 Å². The molecule has 1 aromatic rings. The van der Waals surface area contributed by atoms with Crippen LogP contribution in [0.2, 0.25) is 0 Å². The largest absolute Gasteiger partial charge is 0.371 e. The van der Waals surface area contributed by atoms with Crippen LogP contribution in [0.4, 0.5) is 5.69 Å². The minimum atomic E-state index is -0.936. The van der Waals surface area contributed by atoms with Crippen LogP contribution in [0.3, 0.4) is 0 Å². The van der Waals surface area contributed by atoms with Gasteiger partial charge in [-0.2, -0.15) is 0 Å². The molecule has 1 atom stereocenters. The Bertz CT molecular complexity index is 792. The van der Waals surface area contributed by atoms with E-state index in [0.29, 0.717) is 11.1 Å². The van der Waals surface area contributed by atoms with Crippen molar-refractivity contribution in [3.63, 3.8) is 0 Å². The van der Waals surface area contributed by atoms with Crippen molar-refractivity contribution in [2.24, 2.45) is 0 Å². The molecule has 0 aromatic heterocycles. The van der Waals surface area contributed by atoms with E-state index >= 15 is 0 Å². The van der Waals surface area contributed by atoms with Crippen molar-refractivity contribution in [3.8, 4) is 0 Å². The molecule has 144 valence electrons. The second-order valence-electron chi connectivity index (χ2n) is 6.61. The number of fused-ring (bicyclic) bond motifs is 1. The number of benzene rings is 1. The molecule has 4 amide bonds. The van der Waals surface area contributed by atoms with Gasteiger partial charge in [-0.3, -0.25) is 29.4 Å². The zero-order valence-electron chi connectivity index (χ0n) is 15.6. The average Bonchev–Trinajstić information content (AvgIpc) is 2.90. The Kier molecular flexibility index (Phi) is 5.55. The van der Waals surface area contributed by atoms with Gasteiger partial charge in [0.25, 0.3) is 11.8 Å². The zero-order chi connectivity index (χ0) is 19.6. The van der Waals surface area contributed by atoms with E-state index in [1.165, 1.54) is 0 Å². The molecule has 1 aromatic carbocycles. The number of carbonyl (C=O) groups excluding carboxylic acids is 4. The number of piperidine rings is 1. The number of nitrogens with zero attached hydrogens (tertiary/aromatic N) is 2. The van der Waals surface area contributed by atoms with Gasteiger partial charge in [-0.15, -0.1) is 0 Å². The number of anilines is 1. The molecule has 8 nitrogen and oxygen atoms in total. The van der Waals surface area contributed by atoms with Gasteiger partial charge in [-0.25, -0.2) is 0 Å². The van der Waals surface area contributed by atoms with E-state index < -0.39 is 23.8 Å². The first kappa shape index (κ1) is 19.0. The fourth-order valence-corrected chi connectivity index (χ4v) is 3.52. The first-order chi connectivity index (χ1) is 13.0. The van der Waals surface area contributed by atoms with Crippen LogP contribution in [-0.2, 0) is 9.59 Å². The third kappa shape index (κ3) is 3.57. The summed E-state index contributed by atoms with van der Waals surface area (Å²) >= 11 is 0. The van der Waals surface area contributed by atoms with Gasteiger partial charge in [-0.1, -0.05) is 6.92 Å². The Hall–Kier alpha value is -2.74. The second-order valence-corrected chi connectivity index (χ2v) is 6.61. The van der Waals surface area contributed by atoms with E-state index in [-0.39, 0.29) is 18.7 Å². The summed E-state index contributed by atoms with van der Waals surface area (Å²) < 4.78 is 0. The Balaban J connectivity index is 1.84. The van der Waals surface area contributed by atoms with Gasteiger partial charge in [-0.05, 0) is 38.1 Å². The first-order valence-corrected chi connectivity index (χ1v) is 9.29. The quantitative estimate of drug-likeness (QED) is 0.535. The molecule has 0 aliphatic carbocycles. The van der Waals surface area contributed by atoms with Crippen molar-refractivity contribution in [2.75, 3.05) is 31.1 Å². The fourth-order valence-electron chi connectivity index (χ4n) is 3.52. The fraction of sp³-hybridized carbons (Fsp3) is 0.474. The van der Waals surface area contributed by atoms with E-state index in [2.05, 4.69) is 15.5 Å². The van der Waals surface area contributed by atoms with E-state index in [0.717, 1.165) is 36.8 Å². The maximum atomic E-state index is 12.9. The molecule has 1 fully saturated rings. The monoisotopic (exact) mass is 372 g/mol. The summed E-state index contributed by atoms with van der Waals surface area (Å²) in [6.45, 7) is 7.32. The molecule has 0 spiro atoms. The predicted octanol–water partition coefficient (Wildman–Crippen LogP) is 0.524. The zero-order valence-corrected chi connectivity index (χ0v) is 15.6. The summed E-state index contributed by atoms with van der Waals surface area (Å²) in [5.41, 5.74) is 1.47. The Labute approximate surface area is 157 Å². The lowest BCUT2D eigenvalue weighted by Crippen LogP contribution is -2.54. The van der Waals surface area contributed by atoms with Crippen LogP contribution >= 0.6 is 0 Å². The minimum absolute atomic E-state index is 0.114. The maximum absolute atomic E-state index is 12.9. The Morgan fingerprint density at radius 2 is 1.89 bits per heavy atom. The molecule has 0 radical (unpaired) electrons. The van der Waals surface area contributed by atoms with Gasteiger partial charge in [0.05, 0.1) is 11.1 Å². The lowest BCUT2D eigenvalue weighted by molar-refractivity contribution is -0.136. The molecule has 0 bridgehead atoms. The molecule has 2 aliphatic rings. The van der Waals surface area contributed by atoms with Crippen LogP contribution in [0, 0.1) is 0 Å². The number of imide groups is 2. The van der Waals surface area contributed by atoms with Gasteiger partial charge in [0.1, 0.15) is 6.04 Å². The normalized spacial score (nSPS) is 19.3. The standard InChI is InChI=1S/C19H24N4O4/c1-3-20-9-10-22(4-2)12-5-6-13-14(11-12)19(27)23(18(13)26)15-7-8-16(24)21-17(15)25/h5-6,11,15,20H,3-4,7-10H2,1-2H3,(H,21,24,25). The van der Waals surface area contributed by atoms with Gasteiger partial charge in [0.2, 0.25) is 11.8 Å². The molecule has 1 saturated heterocycles. The highest BCUT2D eigenvalue weighted by molar-refractivity contribution is 6.23. The van der Waals surface area contributed by atoms with Crippen molar-refractivity contribution >= 4 is 29.3 Å². The van der Waals surface area contributed by atoms with Crippen molar-refractivity contribution < 1.29 is 19.2 Å². The number of hydrogen-bond donors (Lipinski definition) is 2. The van der Waals surface area contributed by atoms with Crippen LogP contribution in [-0.4, -0.2) is 60.7 Å². The summed E-state index contributed by atoms with van der Waals surface area (Å²) in [7, 11) is 0. The molecule has 3 rings (SSSR count). The smallest absolute Gasteiger partial charge is 0.262 e. The lowest BCUT2D eigenvalue weighted by Gasteiger charge is -2.27. The summed E-state index contributed by atoms with van der Waals surface area (Å²) in [5.74, 6) is -1.93. The van der Waals surface area contributed by atoms with E-state index in [1.807, 2.05) is 19.9 Å². The summed E-state index contributed by atoms with van der Waals surface area (Å²) in [6.07, 6.45) is 0.274. The van der Waals surface area contributed by atoms with Crippen LogP contribution in [0.25, 0.3) is 0 Å². The number of amides is 4. The van der Waals surface area contributed by atoms with E-state index in [1.54, 1.807) is 12.1 Å².